The molecule has 5 aromatic rings. The second-order valence-corrected chi connectivity index (χ2v) is 44.7. The zero-order chi connectivity index (χ0) is 90.6. The molecule has 15 fully saturated rings. The molecule has 5 saturated carbocycles. The molecule has 25 aliphatic rings. The number of methoxy groups -OCH3 is 3. The highest BCUT2D eigenvalue weighted by Crippen LogP contribution is 2.75. The second kappa shape index (κ2) is 28.6. The minimum Gasteiger partial charge on any atom is -0.504 e. The van der Waals surface area contributed by atoms with E-state index in [0.29, 0.717) is 100 Å². The van der Waals surface area contributed by atoms with Crippen LogP contribution in [0.5, 0.6) is 57.5 Å². The molecule has 28 heteroatoms. The molecule has 5 aromatic carbocycles. The minimum atomic E-state index is -0.859. The monoisotopic (exact) mass is 1820 g/mol. The molecule has 18 unspecified atom stereocenters. The van der Waals surface area contributed by atoms with Gasteiger partial charge < -0.3 is 135 Å². The highest BCUT2D eigenvalue weighted by molar-refractivity contribution is 5.68. The molecule has 15 aliphatic heterocycles. The third-order valence-electron chi connectivity index (χ3n) is 39.6. The molecule has 0 radical (unpaired) electrons. The zero-order valence-corrected chi connectivity index (χ0v) is 79.0. The molecule has 0 aromatic heterocycles. The quantitative estimate of drug-likeness (QED) is 0.112. The van der Waals surface area contributed by atoms with Crippen LogP contribution in [0.1, 0.15) is 193 Å². The lowest BCUT2D eigenvalue weighted by molar-refractivity contribution is -0.302. The number of aromatic hydroxyl groups is 2. The zero-order valence-electron chi connectivity index (χ0n) is 79.0. The summed E-state index contributed by atoms with van der Waals surface area (Å²) in [6.45, 7) is 19.7. The van der Waals surface area contributed by atoms with Crippen LogP contribution < -0.4 is 37.9 Å². The van der Waals surface area contributed by atoms with Crippen LogP contribution >= 0.6 is 0 Å². The molecule has 10 saturated heterocycles. The molecule has 30 rings (SSSR count). The van der Waals surface area contributed by atoms with E-state index in [-0.39, 0.29) is 108 Å². The Kier molecular flexibility index (Phi) is 18.6. The van der Waals surface area contributed by atoms with Gasteiger partial charge in [0.1, 0.15) is 0 Å². The average molecular weight is 1820 g/mol. The van der Waals surface area contributed by atoms with Crippen LogP contribution in [0.15, 0.2) is 60.7 Å². The summed E-state index contributed by atoms with van der Waals surface area (Å²) >= 11 is 0. The van der Waals surface area contributed by atoms with Gasteiger partial charge in [0, 0.05) is 101 Å². The lowest BCUT2D eigenvalue weighted by Crippen LogP contribution is -2.79. The fraction of sp³-hybridized carbons (Fsp3) is 0.712. The van der Waals surface area contributed by atoms with Gasteiger partial charge in [0.15, 0.2) is 88.0 Å². The summed E-state index contributed by atoms with van der Waals surface area (Å²) in [7, 11) is 15.9. The van der Waals surface area contributed by atoms with Crippen molar-refractivity contribution < 1.29 is 111 Å². The van der Waals surface area contributed by atoms with Gasteiger partial charge >= 0.3 is 0 Å². The molecule has 712 valence electrons. The Labute approximate surface area is 772 Å². The van der Waals surface area contributed by atoms with Crippen molar-refractivity contribution in [3.8, 4) is 57.5 Å². The van der Waals surface area contributed by atoms with Gasteiger partial charge in [-0.05, 0) is 276 Å². The summed E-state index contributed by atoms with van der Waals surface area (Å²) in [5.74, 6) is 3.86. The normalized spacial score (nSPS) is 46.6. The number of phenolic OH excluding ortho intramolecular Hbond substituents is 2. The first-order valence-electron chi connectivity index (χ1n) is 49.8. The molecule has 10 aliphatic carbocycles. The van der Waals surface area contributed by atoms with E-state index in [1.54, 1.807) is 33.5 Å². The largest absolute Gasteiger partial charge is 0.504 e. The SMILES string of the molecule is CC1COC2(CCC3[C@H]4Cc5ccc(O)c6c5[C@@]3(CCN4C)C2O6)O1.CC1OC2(CCC3[C@H]4Cc5ccc(O)c6c5[C@@]3(CCN4C)C2O6)OC1C.COc1ccc2c3c1OC1C4(CCC5(O)[C@@H](C2)N(C)CC[C@]315)OC(C)C(C)O4.COc1ccc2c3c1OC1C4(CCC5(O)[C@@H](C2)N(C)CC[C@]315)OCC(C)O4.COc1ccc2c3c1OC1C4(CCC5(O)[C@@H](C2)N(C)CC[C@]315)OCCO4. The van der Waals surface area contributed by atoms with Crippen molar-refractivity contribution in [2.75, 3.05) is 116 Å². The molecule has 5 N–H and O–H groups in total. The number of ether oxygens (including phenoxy) is 18. The van der Waals surface area contributed by atoms with E-state index < -0.39 is 62.0 Å². The van der Waals surface area contributed by atoms with E-state index in [9.17, 15) is 25.5 Å². The Balaban J connectivity index is 0.0000000865. The van der Waals surface area contributed by atoms with Crippen molar-refractivity contribution in [3.63, 3.8) is 0 Å². The second-order valence-electron chi connectivity index (χ2n) is 44.7. The van der Waals surface area contributed by atoms with Crippen LogP contribution in [0.25, 0.3) is 0 Å². The summed E-state index contributed by atoms with van der Waals surface area (Å²) in [5.41, 5.74) is 8.16. The molecular weight excluding hydrogens is 1690 g/mol. The van der Waals surface area contributed by atoms with Gasteiger partial charge in [-0.15, -0.1) is 0 Å². The van der Waals surface area contributed by atoms with Gasteiger partial charge in [0.05, 0.1) is 117 Å². The van der Waals surface area contributed by atoms with E-state index in [2.05, 4.69) is 125 Å². The number of phenols is 2. The number of piperidine rings is 5. The Hall–Kier alpha value is -6.62. The maximum atomic E-state index is 12.2. The Morgan fingerprint density at radius 2 is 0.636 bits per heavy atom. The number of fused-ring (bicyclic) bond motifs is 5. The minimum absolute atomic E-state index is 0.00178. The van der Waals surface area contributed by atoms with Crippen LogP contribution in [0.3, 0.4) is 0 Å². The average Bonchev–Trinajstić information content (AvgIpc) is 1.51. The lowest BCUT2D eigenvalue weighted by atomic mass is 9.48. The van der Waals surface area contributed by atoms with Crippen LogP contribution in [0, 0.1) is 11.8 Å². The van der Waals surface area contributed by atoms with Gasteiger partial charge in [-0.1, -0.05) is 30.3 Å². The van der Waals surface area contributed by atoms with Crippen LogP contribution in [0.2, 0.25) is 0 Å². The molecule has 0 amide bonds. The molecule has 28 atom stereocenters. The maximum Gasteiger partial charge on any atom is 0.207 e. The summed E-state index contributed by atoms with van der Waals surface area (Å²) < 4.78 is 113. The summed E-state index contributed by atoms with van der Waals surface area (Å²) in [4.78, 5) is 12.0. The Bertz CT molecular complexity index is 5560. The molecule has 28 nitrogen and oxygen atoms in total. The molecule has 15 heterocycles. The van der Waals surface area contributed by atoms with Gasteiger partial charge in [0.2, 0.25) is 28.9 Å². The van der Waals surface area contributed by atoms with Crippen LogP contribution in [-0.4, -0.2) is 309 Å². The van der Waals surface area contributed by atoms with Crippen LogP contribution in [0.4, 0.5) is 0 Å². The number of hydrogen-bond acceptors (Lipinski definition) is 28. The number of aliphatic hydroxyl groups is 3. The van der Waals surface area contributed by atoms with Gasteiger partial charge in [-0.3, -0.25) is 0 Å². The third-order valence-corrected chi connectivity index (χ3v) is 39.6. The van der Waals surface area contributed by atoms with Gasteiger partial charge in [-0.25, -0.2) is 0 Å². The standard InChI is InChI=1S/C22H29NO5.C21H27NO5.C21H27NO4.C20H25NO5.C20H25NO4/c1-12-13(2)28-22(27-12)8-7-21(24)16-11-14-5-6-15(25-4)18-17(14)20(21,19(22)26-18)9-10-23(16)3;1-12-11-25-21(27-12)7-6-20(23)15-10-13-4-5-14(24-3)17-16(13)19(20,18(21)26-17)8-9-22(15)2;1-11-12(2)26-21(25-11)7-6-14-15-10-13-4-5-16(23)18-17(13)20(14,19(21)24-18)8-9-22(15)3;1-21-8-7-18-15-12-3-4-13(23-2)16(15)26-17(18)20(24-9-10-25-20)6-5-19(18,22)14(21)11-12;1-11-10-23-20(25-11)6-5-13-14-9-12-3-4-15(22)17-16(12)19(13,18(20)24-17)7-8-21(14)2/h5-6,12-13,16,19,24H,7-11H2,1-4H3;4-5,12,15,18,23H,6-11H2,1-3H3;4-5,11-12,14-15,19,23H,6-10H2,1-3H3;3-4,14,17,22H,5-11H2,1-2H3;3-4,11,13-14,18,22H,5-10H2,1-2H3/t12?,13?,16-,19?,20+,21?,22?;12?,15-,18?,19+,20?,21?;11?,12?,14?,15-,19?,20+,21?;14-,17?,18+,19?;11?,13?,14-,18?,19+,20?/m11111/s1. The molecule has 132 heavy (non-hydrogen) atoms. The van der Waals surface area contributed by atoms with E-state index in [0.717, 1.165) is 174 Å². The van der Waals surface area contributed by atoms with Gasteiger partial charge in [0.25, 0.3) is 0 Å². The lowest BCUT2D eigenvalue weighted by Gasteiger charge is -2.64. The van der Waals surface area contributed by atoms with Gasteiger partial charge in [-0.2, -0.15) is 0 Å². The number of likely N-dealkylation sites (tertiary alicyclic amines) is 5. The summed E-state index contributed by atoms with van der Waals surface area (Å²) in [6, 6.07) is 21.6. The fourth-order valence-electron chi connectivity index (χ4n) is 33.8. The maximum absolute atomic E-state index is 12.2. The van der Waals surface area contributed by atoms with E-state index in [4.69, 9.17) is 85.3 Å². The van der Waals surface area contributed by atoms with E-state index >= 15 is 0 Å². The van der Waals surface area contributed by atoms with E-state index in [1.165, 1.54) is 38.9 Å². The fourth-order valence-corrected chi connectivity index (χ4v) is 33.8. The Morgan fingerprint density at radius 1 is 0.318 bits per heavy atom. The molecular formula is C104H133N5O23. The summed E-state index contributed by atoms with van der Waals surface area (Å²) in [5, 5.41) is 57.6. The summed E-state index contributed by atoms with van der Waals surface area (Å²) in [6.07, 6.45) is 15.9. The smallest absolute Gasteiger partial charge is 0.207 e. The van der Waals surface area contributed by atoms with E-state index in [1.807, 2.05) is 25.1 Å². The first-order chi connectivity index (χ1) is 63.4. The van der Waals surface area contributed by atoms with Crippen LogP contribution in [-0.2, 0) is 107 Å². The highest BCUT2D eigenvalue weighted by Gasteiger charge is 2.83. The van der Waals surface area contributed by atoms with Crippen molar-refractivity contribution >= 4 is 0 Å². The first-order valence-corrected chi connectivity index (χ1v) is 49.8. The number of nitrogens with zero attached hydrogens (tertiary/aromatic N) is 5. The number of hydrogen-bond donors (Lipinski definition) is 5. The highest BCUT2D eigenvalue weighted by atomic mass is 16.8. The van der Waals surface area contributed by atoms with Crippen molar-refractivity contribution in [3.05, 3.63) is 116 Å². The number of rotatable bonds is 3. The molecule has 10 spiro atoms. The third kappa shape index (κ3) is 10.4. The van der Waals surface area contributed by atoms with Crippen molar-refractivity contribution in [2.45, 2.75) is 340 Å². The predicted octanol–water partition coefficient (Wildman–Crippen LogP) is 9.61. The van der Waals surface area contributed by atoms with Crippen molar-refractivity contribution in [1.82, 2.24) is 24.5 Å². The predicted molar refractivity (Wildman–Crippen MR) is 478 cm³/mol. The number of benzene rings is 5. The Morgan fingerprint density at radius 3 is 1.02 bits per heavy atom. The first kappa shape index (κ1) is 85.8. The molecule has 10 bridgehead atoms. The van der Waals surface area contributed by atoms with Crippen molar-refractivity contribution in [2.24, 2.45) is 11.8 Å². The topological polar surface area (TPSA) is 283 Å². The van der Waals surface area contributed by atoms with Crippen molar-refractivity contribution in [1.29, 1.82) is 0 Å². The number of likely N-dealkylation sites (N-methyl/N-ethyl adjacent to an activating group) is 5.